The van der Waals surface area contributed by atoms with E-state index in [9.17, 15) is 14.4 Å². The number of hydrogen-bond acceptors (Lipinski definition) is 11. The summed E-state index contributed by atoms with van der Waals surface area (Å²) in [5, 5.41) is 11.1. The number of aryl methyl sites for hydroxylation is 1. The number of thiophene rings is 1. The van der Waals surface area contributed by atoms with Crippen molar-refractivity contribution in [1.29, 1.82) is 5.26 Å². The number of alkyl halides is 1. The lowest BCUT2D eigenvalue weighted by Gasteiger charge is -2.46. The van der Waals surface area contributed by atoms with Gasteiger partial charge in [0.05, 0.1) is 33.1 Å². The number of rotatable bonds is 6. The van der Waals surface area contributed by atoms with E-state index in [0.717, 1.165) is 50.0 Å². The molecule has 1 aliphatic carbocycles. The zero-order valence-corrected chi connectivity index (χ0v) is 31.8. The lowest BCUT2D eigenvalue weighted by atomic mass is 9.71. The van der Waals surface area contributed by atoms with Crippen molar-refractivity contribution in [3.05, 3.63) is 67.7 Å². The number of ether oxygens (including phenoxy) is 1. The first kappa shape index (κ1) is 35.3. The average Bonchev–Trinajstić information content (AvgIpc) is 3.91. The SMILES string of the molecule is Cc1oc(=O)oc1CN1[C@@H]2CC[C@H]1[C@H]1C(C2)c2nc(OC[C@@]34CCCN3C[C@H](F)C4)nc3c(F)c(-c4ccc(F)c5sc(N)c(C#N)c45)c(Cl)c(c23)C[C@@H]1C. The summed E-state index contributed by atoms with van der Waals surface area (Å²) >= 11 is 8.31. The Hall–Kier alpha value is -4.16. The van der Waals surface area contributed by atoms with E-state index in [0.29, 0.717) is 54.1 Å². The van der Waals surface area contributed by atoms with Crippen LogP contribution in [0.3, 0.4) is 0 Å². The van der Waals surface area contributed by atoms with Gasteiger partial charge in [-0.15, -0.1) is 11.3 Å². The molecule has 2 bridgehead atoms. The molecular weight excluding hydrogens is 753 g/mol. The van der Waals surface area contributed by atoms with E-state index in [1.54, 1.807) is 6.92 Å². The molecule has 10 rings (SSSR count). The standard InChI is InChI=1S/C40H38ClF3N6O4S/c1-17-10-22-31-34(23-11-20-4-7-26(28(17)23)50(20)15-27-18(2)53-39(51)54-27)47-38(52-16-40-8-3-9-49(40)14-19(42)12-40)48-35(31)33(44)30(32(22)41)21-5-6-25(43)36-29(21)24(13-45)37(46)55-36/h5-6,17,19-20,23,26,28H,3-4,7-12,14-16,46H2,1-2H3/t17-,19+,20+,23?,26-,28+,40-/m0/s1. The molecule has 0 saturated carbocycles. The highest BCUT2D eigenvalue weighted by molar-refractivity contribution is 7.23. The van der Waals surface area contributed by atoms with Crippen LogP contribution in [0, 0.1) is 41.7 Å². The number of hydrogen-bond donors (Lipinski definition) is 1. The van der Waals surface area contributed by atoms with Gasteiger partial charge in [-0.2, -0.15) is 15.2 Å². The fraction of sp³-hybridized carbons (Fsp3) is 0.500. The van der Waals surface area contributed by atoms with Crippen LogP contribution in [0.5, 0.6) is 6.01 Å². The summed E-state index contributed by atoms with van der Waals surface area (Å²) in [5.41, 5.74) is 7.45. The molecule has 0 amide bonds. The molecule has 2 aromatic carbocycles. The molecule has 4 fully saturated rings. The number of anilines is 1. The molecule has 2 N–H and O–H groups in total. The van der Waals surface area contributed by atoms with Crippen molar-refractivity contribution in [1.82, 2.24) is 19.8 Å². The number of nitrogen functional groups attached to an aromatic ring is 1. The highest BCUT2D eigenvalue weighted by Gasteiger charge is 2.53. The third-order valence-electron chi connectivity index (χ3n) is 13.4. The van der Waals surface area contributed by atoms with E-state index in [2.05, 4.69) is 22.8 Å². The van der Waals surface area contributed by atoms with E-state index in [-0.39, 0.29) is 84.8 Å². The van der Waals surface area contributed by atoms with Gasteiger partial charge in [0.1, 0.15) is 40.9 Å². The van der Waals surface area contributed by atoms with Crippen LogP contribution in [0.15, 0.2) is 25.8 Å². The normalized spacial score (nSPS) is 28.8. The Bertz CT molecular complexity index is 2530. The zero-order valence-electron chi connectivity index (χ0n) is 30.3. The minimum Gasteiger partial charge on any atom is -0.461 e. The van der Waals surface area contributed by atoms with Crippen LogP contribution in [0.25, 0.3) is 32.1 Å². The number of piperidine rings is 1. The third-order valence-corrected chi connectivity index (χ3v) is 14.8. The first-order chi connectivity index (χ1) is 26.5. The van der Waals surface area contributed by atoms with Gasteiger partial charge >= 0.3 is 11.8 Å². The molecule has 0 spiro atoms. The van der Waals surface area contributed by atoms with Crippen LogP contribution in [-0.2, 0) is 13.0 Å². The van der Waals surface area contributed by atoms with Crippen molar-refractivity contribution in [2.45, 2.75) is 95.1 Å². The number of nitrogens with zero attached hydrogens (tertiary/aromatic N) is 5. The molecule has 286 valence electrons. The summed E-state index contributed by atoms with van der Waals surface area (Å²) < 4.78 is 64.8. The third kappa shape index (κ3) is 5.22. The Morgan fingerprint density at radius 2 is 2.05 bits per heavy atom. The summed E-state index contributed by atoms with van der Waals surface area (Å²) in [6, 6.07) is 5.03. The zero-order chi connectivity index (χ0) is 38.1. The van der Waals surface area contributed by atoms with Gasteiger partial charge in [0, 0.05) is 47.3 Å². The van der Waals surface area contributed by atoms with Crippen molar-refractivity contribution in [2.24, 2.45) is 11.8 Å². The predicted octanol–water partition coefficient (Wildman–Crippen LogP) is 8.04. The molecule has 0 radical (unpaired) electrons. The van der Waals surface area contributed by atoms with Gasteiger partial charge in [0.2, 0.25) is 0 Å². The largest absolute Gasteiger partial charge is 0.519 e. The Morgan fingerprint density at radius 3 is 2.84 bits per heavy atom. The smallest absolute Gasteiger partial charge is 0.461 e. The van der Waals surface area contributed by atoms with E-state index < -0.39 is 29.2 Å². The number of nitrogens with two attached hydrogens (primary N) is 1. The van der Waals surface area contributed by atoms with Crippen LogP contribution in [0.2, 0.25) is 5.02 Å². The van der Waals surface area contributed by atoms with Crippen molar-refractivity contribution in [3.63, 3.8) is 0 Å². The molecule has 4 aliphatic heterocycles. The summed E-state index contributed by atoms with van der Waals surface area (Å²) in [7, 11) is 0. The number of fused-ring (bicyclic) bond motifs is 7. The topological polar surface area (TPSA) is 135 Å². The molecule has 3 aromatic heterocycles. The lowest BCUT2D eigenvalue weighted by Crippen LogP contribution is -2.49. The van der Waals surface area contributed by atoms with Gasteiger partial charge < -0.3 is 19.3 Å². The molecular formula is C40H38ClF3N6O4S. The molecule has 7 heterocycles. The maximum Gasteiger partial charge on any atom is 0.519 e. The summed E-state index contributed by atoms with van der Waals surface area (Å²) in [6.45, 7) is 5.67. The second kappa shape index (κ2) is 12.7. The van der Waals surface area contributed by atoms with Crippen LogP contribution in [0.4, 0.5) is 18.2 Å². The maximum atomic E-state index is 17.6. The van der Waals surface area contributed by atoms with E-state index in [1.165, 1.54) is 12.1 Å². The quantitative estimate of drug-likeness (QED) is 0.180. The monoisotopic (exact) mass is 790 g/mol. The minimum absolute atomic E-state index is 0.0152. The molecule has 5 aliphatic rings. The molecule has 1 unspecified atom stereocenters. The highest BCUT2D eigenvalue weighted by Crippen LogP contribution is 2.56. The molecule has 7 atom stereocenters. The predicted molar refractivity (Wildman–Crippen MR) is 201 cm³/mol. The second-order valence-electron chi connectivity index (χ2n) is 16.2. The second-order valence-corrected chi connectivity index (χ2v) is 17.6. The van der Waals surface area contributed by atoms with Crippen LogP contribution < -0.4 is 16.3 Å². The average molecular weight is 791 g/mol. The van der Waals surface area contributed by atoms with Crippen LogP contribution in [-0.4, -0.2) is 63.3 Å². The Morgan fingerprint density at radius 1 is 1.22 bits per heavy atom. The summed E-state index contributed by atoms with van der Waals surface area (Å²) in [5.74, 6) is -1.04. The molecule has 15 heteroatoms. The summed E-state index contributed by atoms with van der Waals surface area (Å²) in [6.07, 6.45) is 4.19. The van der Waals surface area contributed by atoms with Gasteiger partial charge in [0.25, 0.3) is 0 Å². The van der Waals surface area contributed by atoms with E-state index in [1.807, 2.05) is 0 Å². The van der Waals surface area contributed by atoms with Crippen molar-refractivity contribution >= 4 is 48.9 Å². The molecule has 10 nitrogen and oxygen atoms in total. The minimum atomic E-state index is -0.949. The van der Waals surface area contributed by atoms with Crippen LogP contribution in [0.1, 0.15) is 79.7 Å². The first-order valence-corrected chi connectivity index (χ1v) is 20.1. The Balaban J connectivity index is 1.15. The summed E-state index contributed by atoms with van der Waals surface area (Å²) in [4.78, 5) is 26.4. The van der Waals surface area contributed by atoms with Gasteiger partial charge in [-0.3, -0.25) is 9.80 Å². The van der Waals surface area contributed by atoms with Gasteiger partial charge in [-0.1, -0.05) is 24.6 Å². The maximum absolute atomic E-state index is 17.6. The van der Waals surface area contributed by atoms with Gasteiger partial charge in [0.15, 0.2) is 11.6 Å². The fourth-order valence-corrected chi connectivity index (χ4v) is 12.4. The number of aromatic nitrogens is 2. The van der Waals surface area contributed by atoms with Crippen molar-refractivity contribution in [3.8, 4) is 23.2 Å². The Labute approximate surface area is 323 Å². The number of halogens is 4. The number of benzene rings is 2. The van der Waals surface area contributed by atoms with Gasteiger partial charge in [-0.05, 0) is 81.0 Å². The van der Waals surface area contributed by atoms with Crippen molar-refractivity contribution in [2.75, 3.05) is 25.4 Å². The molecule has 55 heavy (non-hydrogen) atoms. The number of nitriles is 1. The van der Waals surface area contributed by atoms with E-state index >= 15 is 8.78 Å². The van der Waals surface area contributed by atoms with Crippen molar-refractivity contribution < 1.29 is 26.7 Å². The lowest BCUT2D eigenvalue weighted by molar-refractivity contribution is 0.0351. The Kier molecular flexibility index (Phi) is 8.13. The molecule has 4 saturated heterocycles. The van der Waals surface area contributed by atoms with Crippen LogP contribution >= 0.6 is 22.9 Å². The highest BCUT2D eigenvalue weighted by atomic mass is 35.5. The van der Waals surface area contributed by atoms with E-state index in [4.69, 9.17) is 40.9 Å². The first-order valence-electron chi connectivity index (χ1n) is 19.0. The van der Waals surface area contributed by atoms with Gasteiger partial charge in [-0.25, -0.2) is 18.0 Å². The fourth-order valence-electron chi connectivity index (χ4n) is 11.1. The molecule has 5 aromatic rings.